The number of nitrogens with zero attached hydrogens (tertiary/aromatic N) is 1. The fourth-order valence-corrected chi connectivity index (χ4v) is 6.42. The van der Waals surface area contributed by atoms with E-state index in [9.17, 15) is 9.59 Å². The van der Waals surface area contributed by atoms with E-state index < -0.39 is 23.8 Å². The van der Waals surface area contributed by atoms with E-state index >= 15 is 0 Å². The molecule has 0 spiro atoms. The van der Waals surface area contributed by atoms with Gasteiger partial charge in [-0.25, -0.2) is 4.79 Å². The molecule has 2 atom stereocenters. The van der Waals surface area contributed by atoms with Gasteiger partial charge in [0.2, 0.25) is 0 Å². The number of unbranched alkanes of at least 4 members (excludes halogenated alkanes) is 12. The Hall–Kier alpha value is -3.03. The number of benzene rings is 1. The minimum absolute atomic E-state index is 0.190. The lowest BCUT2D eigenvalue weighted by Gasteiger charge is -2.35. The number of ether oxygens (including phenoxy) is 3. The van der Waals surface area contributed by atoms with Gasteiger partial charge in [0, 0.05) is 28.6 Å². The van der Waals surface area contributed by atoms with Crippen LogP contribution in [0.25, 0.3) is 0 Å². The summed E-state index contributed by atoms with van der Waals surface area (Å²) in [4.78, 5) is 31.7. The van der Waals surface area contributed by atoms with E-state index in [-0.39, 0.29) is 19.3 Å². The van der Waals surface area contributed by atoms with E-state index in [1.807, 2.05) is 13.8 Å². The summed E-state index contributed by atoms with van der Waals surface area (Å²) in [7, 11) is 0. The monoisotopic (exact) mass is 627 g/mol. The first kappa shape index (κ1) is 38.2. The summed E-state index contributed by atoms with van der Waals surface area (Å²) in [6, 6.07) is 1.74. The lowest BCUT2D eigenvalue weighted by Crippen LogP contribution is -2.37. The summed E-state index contributed by atoms with van der Waals surface area (Å²) in [5, 5.41) is 0. The van der Waals surface area contributed by atoms with Crippen molar-refractivity contribution in [2.24, 2.45) is 10.9 Å². The number of hydrogen-bond donors (Lipinski definition) is 2. The fraction of sp³-hybridized carbons (Fsp3) is 0.703. The van der Waals surface area contributed by atoms with Crippen LogP contribution < -0.4 is 16.2 Å². The quantitative estimate of drug-likeness (QED) is 0.0792. The van der Waals surface area contributed by atoms with Crippen LogP contribution in [0.3, 0.4) is 0 Å². The van der Waals surface area contributed by atoms with Crippen molar-refractivity contribution in [3.63, 3.8) is 0 Å². The van der Waals surface area contributed by atoms with Gasteiger partial charge in [0.1, 0.15) is 11.7 Å². The molecule has 45 heavy (non-hydrogen) atoms. The van der Waals surface area contributed by atoms with Crippen molar-refractivity contribution in [1.82, 2.24) is 0 Å². The summed E-state index contributed by atoms with van der Waals surface area (Å²) in [5.41, 5.74) is 17.0. The molecule has 1 aliphatic rings. The van der Waals surface area contributed by atoms with Crippen molar-refractivity contribution in [1.29, 1.82) is 0 Å². The number of hydrogen-bond acceptors (Lipinski definition) is 8. The van der Waals surface area contributed by atoms with Crippen LogP contribution in [0, 0.1) is 5.92 Å². The average molecular weight is 628 g/mol. The third-order valence-electron chi connectivity index (χ3n) is 8.55. The highest BCUT2D eigenvalue weighted by Gasteiger charge is 2.45. The first-order valence-corrected chi connectivity index (χ1v) is 17.6. The molecule has 1 aromatic rings. The number of allylic oxidation sites excluding steroid dienone is 1. The Balaban J connectivity index is 2.35. The zero-order valence-corrected chi connectivity index (χ0v) is 29.3. The Morgan fingerprint density at radius 3 is 1.84 bits per heavy atom. The molecule has 1 aromatic carbocycles. The number of nitrogen functional groups attached to an aromatic ring is 2. The Kier molecular flexibility index (Phi) is 17.1. The molecule has 0 aliphatic carbocycles. The normalized spacial score (nSPS) is 16.6. The molecule has 8 heteroatoms. The van der Waals surface area contributed by atoms with Gasteiger partial charge in [-0.2, -0.15) is 0 Å². The molecular formula is C37H61N3O5. The van der Waals surface area contributed by atoms with Crippen LogP contribution in [0.4, 0.5) is 11.4 Å². The standard InChI is InChI=1S/C37H61N3O5/c1-8-11-12-13-14-15-16-17-18-19-20-21-22-23-28-29(38)24-30(39)35(45-25(4)5)33(28)34-31(36(41)43-9-2)26(6)40-27(7)32(34)37(42)44-10-3/h24-25,31,34H,8-23,38-39H2,1-7H3. The largest absolute Gasteiger partial charge is 0.489 e. The summed E-state index contributed by atoms with van der Waals surface area (Å²) >= 11 is 0. The third kappa shape index (κ3) is 11.4. The van der Waals surface area contributed by atoms with Crippen molar-refractivity contribution in [3.8, 4) is 5.75 Å². The Morgan fingerprint density at radius 1 is 0.800 bits per heavy atom. The van der Waals surface area contributed by atoms with Gasteiger partial charge in [-0.3, -0.25) is 9.79 Å². The van der Waals surface area contributed by atoms with Gasteiger partial charge in [0.15, 0.2) is 0 Å². The second-order valence-electron chi connectivity index (χ2n) is 12.6. The van der Waals surface area contributed by atoms with Gasteiger partial charge in [-0.05, 0) is 66.0 Å². The Morgan fingerprint density at radius 2 is 1.33 bits per heavy atom. The number of aliphatic imine (C=N–C) groups is 1. The average Bonchev–Trinajstić information content (AvgIpc) is 2.97. The number of carbonyl (C=O) groups is 2. The molecule has 0 radical (unpaired) electrons. The van der Waals surface area contributed by atoms with Crippen molar-refractivity contribution >= 4 is 29.0 Å². The summed E-state index contributed by atoms with van der Waals surface area (Å²) < 4.78 is 17.4. The first-order valence-electron chi connectivity index (χ1n) is 17.6. The van der Waals surface area contributed by atoms with Gasteiger partial charge in [-0.15, -0.1) is 0 Å². The predicted octanol–water partition coefficient (Wildman–Crippen LogP) is 8.85. The van der Waals surface area contributed by atoms with Gasteiger partial charge < -0.3 is 25.7 Å². The topological polar surface area (TPSA) is 126 Å². The van der Waals surface area contributed by atoms with Crippen molar-refractivity contribution in [2.75, 3.05) is 24.7 Å². The smallest absolute Gasteiger partial charge is 0.336 e. The minimum Gasteiger partial charge on any atom is -0.489 e. The lowest BCUT2D eigenvalue weighted by molar-refractivity contribution is -0.146. The third-order valence-corrected chi connectivity index (χ3v) is 8.55. The molecule has 254 valence electrons. The lowest BCUT2D eigenvalue weighted by atomic mass is 9.73. The molecule has 0 saturated heterocycles. The van der Waals surface area contributed by atoms with E-state index in [2.05, 4.69) is 11.9 Å². The second kappa shape index (κ2) is 20.2. The van der Waals surface area contributed by atoms with Crippen LogP contribution in [0.15, 0.2) is 22.3 Å². The van der Waals surface area contributed by atoms with E-state index in [0.29, 0.717) is 46.1 Å². The molecule has 2 rings (SSSR count). The van der Waals surface area contributed by atoms with Crippen LogP contribution in [-0.4, -0.2) is 37.0 Å². The minimum atomic E-state index is -0.853. The highest BCUT2D eigenvalue weighted by molar-refractivity contribution is 6.07. The molecule has 4 N–H and O–H groups in total. The summed E-state index contributed by atoms with van der Waals surface area (Å²) in [6.07, 6.45) is 16.9. The first-order chi connectivity index (χ1) is 21.6. The Bertz CT molecular complexity index is 1160. The molecule has 8 nitrogen and oxygen atoms in total. The van der Waals surface area contributed by atoms with Crippen molar-refractivity contribution < 1.29 is 23.8 Å². The maximum absolute atomic E-state index is 13.5. The number of anilines is 2. The van der Waals surface area contributed by atoms with Crippen LogP contribution in [0.2, 0.25) is 0 Å². The zero-order valence-electron chi connectivity index (χ0n) is 29.3. The molecule has 0 aromatic heterocycles. The highest BCUT2D eigenvalue weighted by atomic mass is 16.5. The predicted molar refractivity (Wildman–Crippen MR) is 186 cm³/mol. The summed E-state index contributed by atoms with van der Waals surface area (Å²) in [5.74, 6) is -2.14. The molecule has 0 saturated carbocycles. The number of esters is 2. The fourth-order valence-electron chi connectivity index (χ4n) is 6.42. The van der Waals surface area contributed by atoms with Crippen LogP contribution in [0.1, 0.15) is 149 Å². The highest BCUT2D eigenvalue weighted by Crippen LogP contribution is 2.49. The van der Waals surface area contributed by atoms with E-state index in [1.165, 1.54) is 64.2 Å². The van der Waals surface area contributed by atoms with Crippen molar-refractivity contribution in [3.05, 3.63) is 28.5 Å². The number of carbonyl (C=O) groups excluding carboxylic acids is 2. The van der Waals surface area contributed by atoms with Gasteiger partial charge in [0.05, 0.1) is 30.6 Å². The number of rotatable bonds is 21. The molecule has 0 amide bonds. The molecule has 0 bridgehead atoms. The SMILES string of the molecule is CCCCCCCCCCCCCCCc1c(N)cc(N)c(OC(C)C)c1C1C(C(=O)OCC)=C(C)N=C(C)C1C(=O)OCC. The molecule has 1 aliphatic heterocycles. The zero-order chi connectivity index (χ0) is 33.4. The Labute approximate surface area is 272 Å². The molecular weight excluding hydrogens is 566 g/mol. The molecule has 0 fully saturated rings. The van der Waals surface area contributed by atoms with Crippen LogP contribution >= 0.6 is 0 Å². The maximum atomic E-state index is 13.5. The van der Waals surface area contributed by atoms with E-state index in [4.69, 9.17) is 25.7 Å². The van der Waals surface area contributed by atoms with E-state index in [0.717, 1.165) is 24.8 Å². The van der Waals surface area contributed by atoms with Crippen LogP contribution in [0.5, 0.6) is 5.75 Å². The second-order valence-corrected chi connectivity index (χ2v) is 12.6. The number of nitrogens with two attached hydrogens (primary N) is 2. The van der Waals surface area contributed by atoms with Gasteiger partial charge >= 0.3 is 11.9 Å². The van der Waals surface area contributed by atoms with E-state index in [1.54, 1.807) is 33.8 Å². The van der Waals surface area contributed by atoms with Gasteiger partial charge in [-0.1, -0.05) is 84.0 Å². The molecule has 1 heterocycles. The maximum Gasteiger partial charge on any atom is 0.336 e. The van der Waals surface area contributed by atoms with Crippen LogP contribution in [-0.2, 0) is 25.5 Å². The summed E-state index contributed by atoms with van der Waals surface area (Å²) in [6.45, 7) is 13.6. The molecule has 2 unspecified atom stereocenters. The van der Waals surface area contributed by atoms with Gasteiger partial charge in [0.25, 0.3) is 0 Å². The van der Waals surface area contributed by atoms with Crippen molar-refractivity contribution in [2.45, 2.75) is 150 Å².